The van der Waals surface area contributed by atoms with Crippen LogP contribution in [0.4, 0.5) is 0 Å². The van der Waals surface area contributed by atoms with Crippen molar-refractivity contribution >= 4 is 17.8 Å². The van der Waals surface area contributed by atoms with E-state index >= 15 is 0 Å². The molecular formula is C38H46N2O6. The van der Waals surface area contributed by atoms with Crippen LogP contribution in [0.1, 0.15) is 61.3 Å². The molecule has 0 aliphatic carbocycles. The number of aliphatic hydroxyl groups excluding tert-OH is 1. The number of allylic oxidation sites excluding steroid dienone is 2. The number of hydrogen-bond donors (Lipinski definition) is 3. The third-order valence-electron chi connectivity index (χ3n) is 7.46. The smallest absolute Gasteiger partial charge is 0.305 e. The number of aliphatic hydroxyl groups is 1. The summed E-state index contributed by atoms with van der Waals surface area (Å²) in [4.78, 5) is 38.8. The van der Waals surface area contributed by atoms with Crippen molar-refractivity contribution in [2.75, 3.05) is 13.2 Å². The molecule has 0 heterocycles. The van der Waals surface area contributed by atoms with Crippen LogP contribution in [0.3, 0.4) is 0 Å². The molecule has 0 saturated carbocycles. The molecule has 0 fully saturated rings. The number of unbranched alkanes of at least 4 members (excludes halogenated alkanes) is 2. The van der Waals surface area contributed by atoms with E-state index in [1.807, 2.05) is 91.0 Å². The molecule has 0 radical (unpaired) electrons. The Hall–Kier alpha value is -4.69. The van der Waals surface area contributed by atoms with Crippen LogP contribution in [0.15, 0.2) is 110 Å². The minimum absolute atomic E-state index is 0.0221. The van der Waals surface area contributed by atoms with Crippen LogP contribution >= 0.6 is 0 Å². The lowest BCUT2D eigenvalue weighted by molar-refractivity contribution is -0.145. The highest BCUT2D eigenvalue weighted by molar-refractivity contribution is 5.86. The maximum absolute atomic E-state index is 13.4. The molecule has 3 rings (SSSR count). The Labute approximate surface area is 272 Å². The second kappa shape index (κ2) is 20.4. The fourth-order valence-electron chi connectivity index (χ4n) is 4.91. The van der Waals surface area contributed by atoms with E-state index in [1.54, 1.807) is 6.08 Å². The molecule has 3 aromatic rings. The van der Waals surface area contributed by atoms with E-state index in [1.165, 1.54) is 0 Å². The van der Waals surface area contributed by atoms with Crippen molar-refractivity contribution in [3.05, 3.63) is 127 Å². The van der Waals surface area contributed by atoms with Gasteiger partial charge in [-0.1, -0.05) is 84.9 Å². The Kier molecular flexibility index (Phi) is 15.8. The van der Waals surface area contributed by atoms with Gasteiger partial charge in [-0.2, -0.15) is 0 Å². The molecule has 8 heteroatoms. The predicted octanol–water partition coefficient (Wildman–Crippen LogP) is 6.01. The molecular weight excluding hydrogens is 580 g/mol. The fraction of sp³-hybridized carbons (Fsp3) is 0.342. The Balaban J connectivity index is 1.54. The van der Waals surface area contributed by atoms with Gasteiger partial charge in [-0.05, 0) is 60.9 Å². The van der Waals surface area contributed by atoms with Crippen LogP contribution in [0.5, 0.6) is 5.75 Å². The molecule has 0 aliphatic heterocycles. The number of esters is 1. The molecule has 0 unspecified atom stereocenters. The van der Waals surface area contributed by atoms with Crippen LogP contribution in [-0.4, -0.2) is 42.1 Å². The van der Waals surface area contributed by atoms with Gasteiger partial charge in [0.05, 0.1) is 24.6 Å². The predicted molar refractivity (Wildman–Crippen MR) is 180 cm³/mol. The molecule has 3 atom stereocenters. The molecule has 0 aromatic heterocycles. The molecule has 0 spiro atoms. The van der Waals surface area contributed by atoms with Gasteiger partial charge in [-0.25, -0.2) is 0 Å². The zero-order valence-electron chi connectivity index (χ0n) is 26.4. The second-order valence-electron chi connectivity index (χ2n) is 11.2. The number of amides is 2. The molecule has 3 N–H and O–H groups in total. The van der Waals surface area contributed by atoms with Crippen molar-refractivity contribution in [1.29, 1.82) is 0 Å². The van der Waals surface area contributed by atoms with Gasteiger partial charge in [0, 0.05) is 12.8 Å². The van der Waals surface area contributed by atoms with E-state index in [4.69, 9.17) is 9.47 Å². The third kappa shape index (κ3) is 13.1. The topological polar surface area (TPSA) is 114 Å². The summed E-state index contributed by atoms with van der Waals surface area (Å²) < 4.78 is 11.4. The van der Waals surface area contributed by atoms with Crippen molar-refractivity contribution in [2.45, 2.75) is 63.6 Å². The molecule has 0 bridgehead atoms. The van der Waals surface area contributed by atoms with Gasteiger partial charge in [0.15, 0.2) is 0 Å². The third-order valence-corrected chi connectivity index (χ3v) is 7.46. The van der Waals surface area contributed by atoms with E-state index in [9.17, 15) is 19.5 Å². The first-order valence-electron chi connectivity index (χ1n) is 15.8. The van der Waals surface area contributed by atoms with Crippen LogP contribution in [0.25, 0.3) is 0 Å². The molecule has 244 valence electrons. The Morgan fingerprint density at radius 1 is 0.826 bits per heavy atom. The highest BCUT2D eigenvalue weighted by Gasteiger charge is 2.26. The maximum atomic E-state index is 13.4. The molecule has 0 aliphatic rings. The van der Waals surface area contributed by atoms with Crippen LogP contribution in [0, 0.1) is 5.92 Å². The molecule has 46 heavy (non-hydrogen) atoms. The summed E-state index contributed by atoms with van der Waals surface area (Å²) in [5, 5.41) is 15.8. The van der Waals surface area contributed by atoms with Gasteiger partial charge < -0.3 is 25.2 Å². The zero-order valence-corrected chi connectivity index (χ0v) is 26.4. The number of nitrogens with one attached hydrogen (secondary N) is 2. The number of rotatable bonds is 21. The summed E-state index contributed by atoms with van der Waals surface area (Å²) in [6.45, 7) is 7.63. The van der Waals surface area contributed by atoms with Gasteiger partial charge in [0.25, 0.3) is 0 Å². The average molecular weight is 627 g/mol. The first-order valence-corrected chi connectivity index (χ1v) is 15.8. The lowest BCUT2D eigenvalue weighted by Gasteiger charge is -2.23. The molecule has 3 aromatic carbocycles. The average Bonchev–Trinajstić information content (AvgIpc) is 3.08. The summed E-state index contributed by atoms with van der Waals surface area (Å²) in [5.41, 5.74) is 2.78. The van der Waals surface area contributed by atoms with Gasteiger partial charge >= 0.3 is 5.97 Å². The molecule has 2 amide bonds. The van der Waals surface area contributed by atoms with Gasteiger partial charge in [0.1, 0.15) is 19.0 Å². The first-order chi connectivity index (χ1) is 22.4. The number of carbonyl (C=O) groups is 3. The van der Waals surface area contributed by atoms with Gasteiger partial charge in [-0.15, -0.1) is 13.2 Å². The summed E-state index contributed by atoms with van der Waals surface area (Å²) in [6.07, 6.45) is 6.70. The minimum Gasteiger partial charge on any atom is -0.489 e. The zero-order chi connectivity index (χ0) is 33.0. The summed E-state index contributed by atoms with van der Waals surface area (Å²) in [7, 11) is 0. The van der Waals surface area contributed by atoms with E-state index in [0.717, 1.165) is 35.3 Å². The van der Waals surface area contributed by atoms with E-state index in [0.29, 0.717) is 25.9 Å². The van der Waals surface area contributed by atoms with Crippen LogP contribution in [-0.2, 0) is 32.1 Å². The quantitative estimate of drug-likeness (QED) is 0.0758. The Bertz CT molecular complexity index is 1360. The van der Waals surface area contributed by atoms with Gasteiger partial charge in [-0.3, -0.25) is 14.4 Å². The van der Waals surface area contributed by atoms with Crippen molar-refractivity contribution in [2.24, 2.45) is 5.92 Å². The van der Waals surface area contributed by atoms with E-state index in [-0.39, 0.29) is 43.8 Å². The highest BCUT2D eigenvalue weighted by Crippen LogP contribution is 2.19. The van der Waals surface area contributed by atoms with E-state index < -0.39 is 18.0 Å². The van der Waals surface area contributed by atoms with Crippen molar-refractivity contribution in [3.63, 3.8) is 0 Å². The largest absolute Gasteiger partial charge is 0.489 e. The fourth-order valence-corrected chi connectivity index (χ4v) is 4.91. The standard InChI is InChI=1S/C38H46N2O6/c1-3-5-6-13-19-37(43)46-28-35(31-17-11-8-12-18-31)40-38(44)32(14-4-2)25-36(42)39-33(26-41)24-29-20-22-34(23-21-29)45-27-30-15-9-7-10-16-30/h3-4,7-12,15-18,20-23,32-33,35,41H,1-2,5-6,13-14,19,24-28H2,(H,39,42)(H,40,44)/t32-,33-,35+/m0/s1. The Morgan fingerprint density at radius 2 is 1.52 bits per heavy atom. The summed E-state index contributed by atoms with van der Waals surface area (Å²) in [6, 6.07) is 25.6. The van der Waals surface area contributed by atoms with Gasteiger partial charge in [0.2, 0.25) is 11.8 Å². The minimum atomic E-state index is -0.696. The SMILES string of the molecule is C=CCCCCC(=O)OC[C@@H](NC(=O)[C@@H](CC=C)CC(=O)N[C@H](CO)Cc1ccc(OCc2ccccc2)cc1)c1ccccc1. The number of benzene rings is 3. The monoisotopic (exact) mass is 626 g/mol. The van der Waals surface area contributed by atoms with E-state index in [2.05, 4.69) is 23.8 Å². The lowest BCUT2D eigenvalue weighted by atomic mass is 9.97. The normalized spacial score (nSPS) is 12.6. The number of hydrogen-bond acceptors (Lipinski definition) is 6. The number of carbonyl (C=O) groups excluding carboxylic acids is 3. The number of ether oxygens (including phenoxy) is 2. The molecule has 0 saturated heterocycles. The molecule has 8 nitrogen and oxygen atoms in total. The van der Waals surface area contributed by atoms with Crippen molar-refractivity contribution < 1.29 is 29.0 Å². The Morgan fingerprint density at radius 3 is 2.17 bits per heavy atom. The highest BCUT2D eigenvalue weighted by atomic mass is 16.5. The first kappa shape index (κ1) is 35.8. The summed E-state index contributed by atoms with van der Waals surface area (Å²) in [5.74, 6) is -1.00. The lowest BCUT2D eigenvalue weighted by Crippen LogP contribution is -2.42. The summed E-state index contributed by atoms with van der Waals surface area (Å²) >= 11 is 0. The van der Waals surface area contributed by atoms with Crippen molar-refractivity contribution in [1.82, 2.24) is 10.6 Å². The second-order valence-corrected chi connectivity index (χ2v) is 11.2. The van der Waals surface area contributed by atoms with Crippen LogP contribution in [0.2, 0.25) is 0 Å². The maximum Gasteiger partial charge on any atom is 0.305 e. The van der Waals surface area contributed by atoms with Crippen LogP contribution < -0.4 is 15.4 Å². The van der Waals surface area contributed by atoms with Crippen molar-refractivity contribution in [3.8, 4) is 5.75 Å².